The first-order valence-corrected chi connectivity index (χ1v) is 6.51. The van der Waals surface area contributed by atoms with Crippen molar-refractivity contribution in [3.8, 4) is 0 Å². The standard InChI is InChI=1S/C14H20ClN/c1-11(2)10-14(7-4-8-16-14)12-5-3-6-13(15)9-12/h3,5-6,9,11,16H,4,7-8,10H2,1-2H3. The van der Waals surface area contributed by atoms with Gasteiger partial charge in [0, 0.05) is 10.6 Å². The zero-order chi connectivity index (χ0) is 11.6. The third kappa shape index (κ3) is 2.41. The molecule has 1 fully saturated rings. The Morgan fingerprint density at radius 3 is 2.81 bits per heavy atom. The molecule has 1 heterocycles. The van der Waals surface area contributed by atoms with E-state index in [1.165, 1.54) is 24.8 Å². The van der Waals surface area contributed by atoms with Crippen LogP contribution in [0.4, 0.5) is 0 Å². The van der Waals surface area contributed by atoms with E-state index in [1.807, 2.05) is 6.07 Å². The van der Waals surface area contributed by atoms with Gasteiger partial charge in [-0.05, 0) is 49.4 Å². The maximum Gasteiger partial charge on any atom is 0.0438 e. The summed E-state index contributed by atoms with van der Waals surface area (Å²) >= 11 is 6.09. The van der Waals surface area contributed by atoms with Crippen molar-refractivity contribution >= 4 is 11.6 Å². The molecule has 0 bridgehead atoms. The smallest absolute Gasteiger partial charge is 0.0438 e. The molecular formula is C14H20ClN. The van der Waals surface area contributed by atoms with E-state index in [4.69, 9.17) is 11.6 Å². The van der Waals surface area contributed by atoms with Crippen LogP contribution in [0.3, 0.4) is 0 Å². The van der Waals surface area contributed by atoms with Crippen LogP contribution in [0.25, 0.3) is 0 Å². The summed E-state index contributed by atoms with van der Waals surface area (Å²) in [5.74, 6) is 0.699. The van der Waals surface area contributed by atoms with Gasteiger partial charge in [0.2, 0.25) is 0 Å². The second-order valence-electron chi connectivity index (χ2n) is 5.22. The van der Waals surface area contributed by atoms with E-state index in [-0.39, 0.29) is 5.54 Å². The normalized spacial score (nSPS) is 25.2. The minimum Gasteiger partial charge on any atom is -0.307 e. The molecule has 1 aliphatic rings. The zero-order valence-corrected chi connectivity index (χ0v) is 10.8. The molecule has 1 nitrogen and oxygen atoms in total. The van der Waals surface area contributed by atoms with Gasteiger partial charge in [-0.25, -0.2) is 0 Å². The van der Waals surface area contributed by atoms with Crippen molar-refractivity contribution in [2.24, 2.45) is 5.92 Å². The van der Waals surface area contributed by atoms with Crippen LogP contribution in [0.15, 0.2) is 24.3 Å². The summed E-state index contributed by atoms with van der Waals surface area (Å²) in [6, 6.07) is 8.32. The Morgan fingerprint density at radius 2 is 2.25 bits per heavy atom. The second-order valence-corrected chi connectivity index (χ2v) is 5.66. The van der Waals surface area contributed by atoms with Crippen LogP contribution in [-0.2, 0) is 5.54 Å². The Labute approximate surface area is 103 Å². The quantitative estimate of drug-likeness (QED) is 0.839. The lowest BCUT2D eigenvalue weighted by atomic mass is 9.81. The molecule has 2 heteroatoms. The van der Waals surface area contributed by atoms with Gasteiger partial charge in [0.25, 0.3) is 0 Å². The molecule has 1 N–H and O–H groups in total. The Morgan fingerprint density at radius 1 is 1.44 bits per heavy atom. The van der Waals surface area contributed by atoms with Crippen molar-refractivity contribution in [3.05, 3.63) is 34.9 Å². The van der Waals surface area contributed by atoms with Gasteiger partial charge in [-0.15, -0.1) is 0 Å². The van der Waals surface area contributed by atoms with Crippen molar-refractivity contribution in [1.29, 1.82) is 0 Å². The molecule has 0 aromatic heterocycles. The number of nitrogens with one attached hydrogen (secondary N) is 1. The molecule has 0 saturated carbocycles. The highest BCUT2D eigenvalue weighted by Gasteiger charge is 2.35. The van der Waals surface area contributed by atoms with Gasteiger partial charge in [0.15, 0.2) is 0 Å². The topological polar surface area (TPSA) is 12.0 Å². The first kappa shape index (κ1) is 11.9. The number of benzene rings is 1. The van der Waals surface area contributed by atoms with Crippen LogP contribution in [-0.4, -0.2) is 6.54 Å². The number of hydrogen-bond acceptors (Lipinski definition) is 1. The minimum absolute atomic E-state index is 0.166. The molecule has 1 atom stereocenters. The summed E-state index contributed by atoms with van der Waals surface area (Å²) in [5, 5.41) is 4.53. The lowest BCUT2D eigenvalue weighted by Gasteiger charge is -2.32. The van der Waals surface area contributed by atoms with Crippen LogP contribution >= 0.6 is 11.6 Å². The van der Waals surface area contributed by atoms with Crippen LogP contribution in [0.2, 0.25) is 5.02 Å². The van der Waals surface area contributed by atoms with E-state index in [0.29, 0.717) is 5.92 Å². The summed E-state index contributed by atoms with van der Waals surface area (Å²) in [7, 11) is 0. The fraction of sp³-hybridized carbons (Fsp3) is 0.571. The van der Waals surface area contributed by atoms with Crippen LogP contribution < -0.4 is 5.32 Å². The number of rotatable bonds is 3. The summed E-state index contributed by atoms with van der Waals surface area (Å²) in [4.78, 5) is 0. The van der Waals surface area contributed by atoms with E-state index in [1.54, 1.807) is 0 Å². The Hall–Kier alpha value is -0.530. The first-order valence-electron chi connectivity index (χ1n) is 6.13. The molecular weight excluding hydrogens is 218 g/mol. The van der Waals surface area contributed by atoms with Crippen LogP contribution in [0.5, 0.6) is 0 Å². The van der Waals surface area contributed by atoms with Crippen LogP contribution in [0, 0.1) is 5.92 Å². The molecule has 1 unspecified atom stereocenters. The van der Waals surface area contributed by atoms with Gasteiger partial charge >= 0.3 is 0 Å². The maximum atomic E-state index is 6.09. The maximum absolute atomic E-state index is 6.09. The van der Waals surface area contributed by atoms with E-state index in [0.717, 1.165) is 11.6 Å². The molecule has 0 amide bonds. The highest BCUT2D eigenvalue weighted by atomic mass is 35.5. The molecule has 1 aromatic rings. The highest BCUT2D eigenvalue weighted by molar-refractivity contribution is 6.30. The summed E-state index contributed by atoms with van der Waals surface area (Å²) in [6.07, 6.45) is 3.68. The number of hydrogen-bond donors (Lipinski definition) is 1. The largest absolute Gasteiger partial charge is 0.307 e. The molecule has 16 heavy (non-hydrogen) atoms. The summed E-state index contributed by atoms with van der Waals surface area (Å²) < 4.78 is 0. The second kappa shape index (κ2) is 4.77. The SMILES string of the molecule is CC(C)CC1(c2cccc(Cl)c2)CCCN1. The minimum atomic E-state index is 0.166. The Bertz CT molecular complexity index is 354. The van der Waals surface area contributed by atoms with E-state index in [2.05, 4.69) is 37.4 Å². The molecule has 0 aliphatic carbocycles. The van der Waals surface area contributed by atoms with Crippen molar-refractivity contribution in [1.82, 2.24) is 5.32 Å². The lowest BCUT2D eigenvalue weighted by molar-refractivity contribution is 0.311. The third-order valence-electron chi connectivity index (χ3n) is 3.38. The summed E-state index contributed by atoms with van der Waals surface area (Å²) in [5.41, 5.74) is 1.52. The first-order chi connectivity index (χ1) is 7.62. The van der Waals surface area contributed by atoms with Gasteiger partial charge in [-0.1, -0.05) is 37.6 Å². The molecule has 88 valence electrons. The van der Waals surface area contributed by atoms with Gasteiger partial charge in [0.1, 0.15) is 0 Å². The Balaban J connectivity index is 2.31. The number of halogens is 1. The third-order valence-corrected chi connectivity index (χ3v) is 3.61. The van der Waals surface area contributed by atoms with Crippen molar-refractivity contribution in [3.63, 3.8) is 0 Å². The van der Waals surface area contributed by atoms with Gasteiger partial charge in [-0.2, -0.15) is 0 Å². The molecule has 0 spiro atoms. The average Bonchev–Trinajstić information content (AvgIpc) is 2.66. The highest BCUT2D eigenvalue weighted by Crippen LogP contribution is 2.37. The van der Waals surface area contributed by atoms with Gasteiger partial charge in [-0.3, -0.25) is 0 Å². The summed E-state index contributed by atoms with van der Waals surface area (Å²) in [6.45, 7) is 5.69. The van der Waals surface area contributed by atoms with Crippen LogP contribution in [0.1, 0.15) is 38.7 Å². The van der Waals surface area contributed by atoms with Gasteiger partial charge < -0.3 is 5.32 Å². The Kier molecular flexibility index (Phi) is 3.56. The van der Waals surface area contributed by atoms with E-state index in [9.17, 15) is 0 Å². The average molecular weight is 238 g/mol. The van der Waals surface area contributed by atoms with Crippen molar-refractivity contribution in [2.75, 3.05) is 6.54 Å². The molecule has 1 saturated heterocycles. The molecule has 2 rings (SSSR count). The zero-order valence-electron chi connectivity index (χ0n) is 10.1. The van der Waals surface area contributed by atoms with E-state index >= 15 is 0 Å². The predicted molar refractivity (Wildman–Crippen MR) is 69.8 cm³/mol. The monoisotopic (exact) mass is 237 g/mol. The molecule has 1 aromatic carbocycles. The lowest BCUT2D eigenvalue weighted by Crippen LogP contribution is -2.38. The molecule has 0 radical (unpaired) electrons. The van der Waals surface area contributed by atoms with Gasteiger partial charge in [0.05, 0.1) is 0 Å². The van der Waals surface area contributed by atoms with Crippen molar-refractivity contribution < 1.29 is 0 Å². The fourth-order valence-electron chi connectivity index (χ4n) is 2.83. The van der Waals surface area contributed by atoms with E-state index < -0.39 is 0 Å². The predicted octanol–water partition coefficient (Wildman–Crippen LogP) is 3.96. The van der Waals surface area contributed by atoms with Crippen molar-refractivity contribution in [2.45, 2.75) is 38.6 Å². The molecule has 1 aliphatic heterocycles. The fourth-order valence-corrected chi connectivity index (χ4v) is 3.02.